The molecular weight excluding hydrogens is 346 g/mol. The fourth-order valence-electron chi connectivity index (χ4n) is 3.17. The second-order valence-electron chi connectivity index (χ2n) is 6.17. The molecule has 0 aromatic carbocycles. The standard InChI is InChI=1S/C15H20ClN7O2/c1-3-8-23-15(18-20-21-23)17-13(24)12-11(16)10(9-6-4-5-7-9)14(25)22(2)19-12/h9H,3-8H2,1-2H3,(H,17,18,21,24). The van der Waals surface area contributed by atoms with Gasteiger partial charge in [0.25, 0.3) is 11.5 Å². The van der Waals surface area contributed by atoms with Crippen molar-refractivity contribution in [1.29, 1.82) is 0 Å². The molecule has 0 bridgehead atoms. The first-order valence-electron chi connectivity index (χ1n) is 8.37. The Bertz CT molecular complexity index is 839. The summed E-state index contributed by atoms with van der Waals surface area (Å²) in [5, 5.41) is 18.0. The molecule has 25 heavy (non-hydrogen) atoms. The molecule has 2 heterocycles. The minimum atomic E-state index is -0.535. The van der Waals surface area contributed by atoms with Crippen molar-refractivity contribution >= 4 is 23.5 Å². The van der Waals surface area contributed by atoms with Gasteiger partial charge in [0, 0.05) is 19.2 Å². The van der Waals surface area contributed by atoms with Gasteiger partial charge < -0.3 is 0 Å². The molecule has 134 valence electrons. The average molecular weight is 366 g/mol. The van der Waals surface area contributed by atoms with Gasteiger partial charge in [0.15, 0.2) is 5.69 Å². The Morgan fingerprint density at radius 3 is 2.76 bits per heavy atom. The van der Waals surface area contributed by atoms with Crippen LogP contribution in [-0.2, 0) is 13.6 Å². The van der Waals surface area contributed by atoms with E-state index in [1.807, 2.05) is 6.92 Å². The Labute approximate surface area is 149 Å². The maximum atomic E-state index is 12.6. The summed E-state index contributed by atoms with van der Waals surface area (Å²) < 4.78 is 2.66. The lowest BCUT2D eigenvalue weighted by Gasteiger charge is -2.14. The number of aromatic nitrogens is 6. The first kappa shape index (κ1) is 17.5. The highest BCUT2D eigenvalue weighted by molar-refractivity contribution is 6.34. The summed E-state index contributed by atoms with van der Waals surface area (Å²) in [6, 6.07) is 0. The number of amides is 1. The molecule has 9 nitrogen and oxygen atoms in total. The molecule has 1 saturated carbocycles. The number of carbonyl (C=O) groups is 1. The van der Waals surface area contributed by atoms with E-state index >= 15 is 0 Å². The van der Waals surface area contributed by atoms with Crippen LogP contribution in [0.4, 0.5) is 5.95 Å². The Hall–Kier alpha value is -2.29. The van der Waals surface area contributed by atoms with Crippen molar-refractivity contribution in [2.75, 3.05) is 5.32 Å². The number of carbonyl (C=O) groups excluding carboxylic acids is 1. The molecule has 3 rings (SSSR count). The second kappa shape index (κ2) is 7.30. The fraction of sp³-hybridized carbons (Fsp3) is 0.600. The van der Waals surface area contributed by atoms with Crippen molar-refractivity contribution in [1.82, 2.24) is 30.0 Å². The van der Waals surface area contributed by atoms with Gasteiger partial charge in [-0.05, 0) is 35.6 Å². The van der Waals surface area contributed by atoms with Crippen LogP contribution in [0.2, 0.25) is 5.02 Å². The van der Waals surface area contributed by atoms with Gasteiger partial charge in [0.1, 0.15) is 0 Å². The van der Waals surface area contributed by atoms with Crippen molar-refractivity contribution < 1.29 is 4.79 Å². The molecule has 2 aromatic rings. The number of hydrogen-bond donors (Lipinski definition) is 1. The first-order valence-corrected chi connectivity index (χ1v) is 8.75. The highest BCUT2D eigenvalue weighted by atomic mass is 35.5. The minimum absolute atomic E-state index is 0.0108. The summed E-state index contributed by atoms with van der Waals surface area (Å²) in [4.78, 5) is 25.1. The average Bonchev–Trinajstić information content (AvgIpc) is 3.24. The van der Waals surface area contributed by atoms with Crippen LogP contribution in [0.15, 0.2) is 4.79 Å². The van der Waals surface area contributed by atoms with E-state index in [-0.39, 0.29) is 28.1 Å². The van der Waals surface area contributed by atoms with Gasteiger partial charge >= 0.3 is 0 Å². The van der Waals surface area contributed by atoms with Crippen molar-refractivity contribution in [2.45, 2.75) is 51.5 Å². The molecule has 1 N–H and O–H groups in total. The predicted molar refractivity (Wildman–Crippen MR) is 91.8 cm³/mol. The van der Waals surface area contributed by atoms with Gasteiger partial charge in [-0.2, -0.15) is 5.10 Å². The van der Waals surface area contributed by atoms with Crippen LogP contribution in [0.3, 0.4) is 0 Å². The number of tetrazole rings is 1. The van der Waals surface area contributed by atoms with Crippen LogP contribution in [0, 0.1) is 0 Å². The Morgan fingerprint density at radius 2 is 2.08 bits per heavy atom. The van der Waals surface area contributed by atoms with Crippen LogP contribution in [0.5, 0.6) is 0 Å². The van der Waals surface area contributed by atoms with Crippen LogP contribution in [0.1, 0.15) is 61.0 Å². The van der Waals surface area contributed by atoms with Gasteiger partial charge in [0.05, 0.1) is 5.02 Å². The number of aryl methyl sites for hydroxylation is 2. The monoisotopic (exact) mass is 365 g/mol. The lowest BCUT2D eigenvalue weighted by Crippen LogP contribution is -2.30. The maximum Gasteiger partial charge on any atom is 0.280 e. The Balaban J connectivity index is 1.95. The molecule has 2 aromatic heterocycles. The number of rotatable bonds is 5. The predicted octanol–water partition coefficient (Wildman–Crippen LogP) is 1.74. The third-order valence-electron chi connectivity index (χ3n) is 4.39. The van der Waals surface area contributed by atoms with E-state index < -0.39 is 5.91 Å². The first-order chi connectivity index (χ1) is 12.0. The highest BCUT2D eigenvalue weighted by Crippen LogP contribution is 2.36. The van der Waals surface area contributed by atoms with Crippen molar-refractivity contribution in [3.63, 3.8) is 0 Å². The number of halogens is 1. The van der Waals surface area contributed by atoms with Gasteiger partial charge in [0.2, 0.25) is 5.95 Å². The molecule has 0 saturated heterocycles. The number of anilines is 1. The zero-order valence-electron chi connectivity index (χ0n) is 14.2. The van der Waals surface area contributed by atoms with E-state index in [0.717, 1.165) is 32.1 Å². The van der Waals surface area contributed by atoms with Crippen LogP contribution in [-0.4, -0.2) is 35.9 Å². The molecule has 0 aliphatic heterocycles. The summed E-state index contributed by atoms with van der Waals surface area (Å²) in [6.45, 7) is 2.55. The summed E-state index contributed by atoms with van der Waals surface area (Å²) in [7, 11) is 1.52. The molecule has 10 heteroatoms. The van der Waals surface area contributed by atoms with Crippen molar-refractivity contribution in [3.05, 3.63) is 26.6 Å². The van der Waals surface area contributed by atoms with Crippen LogP contribution >= 0.6 is 11.6 Å². The molecular formula is C15H20ClN7O2. The van der Waals surface area contributed by atoms with Gasteiger partial charge in [-0.3, -0.25) is 14.9 Å². The Kier molecular flexibility index (Phi) is 5.12. The van der Waals surface area contributed by atoms with E-state index in [4.69, 9.17) is 11.6 Å². The molecule has 0 radical (unpaired) electrons. The lowest BCUT2D eigenvalue weighted by molar-refractivity contribution is 0.101. The number of hydrogen-bond acceptors (Lipinski definition) is 6. The normalized spacial score (nSPS) is 14.8. The second-order valence-corrected chi connectivity index (χ2v) is 6.54. The SMILES string of the molecule is CCCn1nnnc1NC(=O)c1nn(C)c(=O)c(C2CCCC2)c1Cl. The van der Waals surface area contributed by atoms with E-state index in [1.165, 1.54) is 16.4 Å². The highest BCUT2D eigenvalue weighted by Gasteiger charge is 2.28. The maximum absolute atomic E-state index is 12.6. The summed E-state index contributed by atoms with van der Waals surface area (Å²) in [5.41, 5.74) is 0.246. The third-order valence-corrected chi connectivity index (χ3v) is 4.77. The number of nitrogens with zero attached hydrogens (tertiary/aromatic N) is 6. The fourth-order valence-corrected chi connectivity index (χ4v) is 3.52. The molecule has 0 spiro atoms. The van der Waals surface area contributed by atoms with Crippen molar-refractivity contribution in [2.24, 2.45) is 7.05 Å². The van der Waals surface area contributed by atoms with Gasteiger partial charge in [-0.15, -0.1) is 0 Å². The van der Waals surface area contributed by atoms with E-state index in [2.05, 4.69) is 25.9 Å². The summed E-state index contributed by atoms with van der Waals surface area (Å²) in [5.74, 6) is -0.237. The molecule has 1 fully saturated rings. The van der Waals surface area contributed by atoms with Gasteiger partial charge in [-0.25, -0.2) is 9.36 Å². The molecule has 1 aliphatic rings. The molecule has 0 atom stereocenters. The Morgan fingerprint density at radius 1 is 1.36 bits per heavy atom. The number of nitrogens with one attached hydrogen (secondary N) is 1. The third kappa shape index (κ3) is 3.41. The van der Waals surface area contributed by atoms with Crippen LogP contribution in [0.25, 0.3) is 0 Å². The van der Waals surface area contributed by atoms with Gasteiger partial charge in [-0.1, -0.05) is 36.5 Å². The lowest BCUT2D eigenvalue weighted by atomic mass is 9.98. The smallest absolute Gasteiger partial charge is 0.280 e. The van der Waals surface area contributed by atoms with Crippen LogP contribution < -0.4 is 10.9 Å². The van der Waals surface area contributed by atoms with E-state index in [1.54, 1.807) is 0 Å². The zero-order valence-corrected chi connectivity index (χ0v) is 15.0. The largest absolute Gasteiger partial charge is 0.288 e. The zero-order chi connectivity index (χ0) is 18.0. The minimum Gasteiger partial charge on any atom is -0.288 e. The van der Waals surface area contributed by atoms with E-state index in [9.17, 15) is 9.59 Å². The summed E-state index contributed by atoms with van der Waals surface area (Å²) in [6.07, 6.45) is 4.72. The topological polar surface area (TPSA) is 108 Å². The quantitative estimate of drug-likeness (QED) is 0.864. The molecule has 1 aliphatic carbocycles. The van der Waals surface area contributed by atoms with Crippen molar-refractivity contribution in [3.8, 4) is 0 Å². The summed E-state index contributed by atoms with van der Waals surface area (Å²) >= 11 is 6.41. The molecule has 1 amide bonds. The molecule has 0 unspecified atom stereocenters. The van der Waals surface area contributed by atoms with E-state index in [0.29, 0.717) is 12.1 Å².